The van der Waals surface area contributed by atoms with E-state index in [4.69, 9.17) is 10.8 Å². The van der Waals surface area contributed by atoms with Crippen molar-refractivity contribution < 1.29 is 23.1 Å². The third-order valence-corrected chi connectivity index (χ3v) is 0.921. The van der Waals surface area contributed by atoms with E-state index in [2.05, 4.69) is 0 Å². The topological polar surface area (TPSA) is 63.3 Å². The van der Waals surface area contributed by atoms with Crippen LogP contribution < -0.4 is 5.73 Å². The van der Waals surface area contributed by atoms with E-state index >= 15 is 0 Å². The molecule has 0 heterocycles. The van der Waals surface area contributed by atoms with Crippen molar-refractivity contribution in [1.82, 2.24) is 0 Å². The molecule has 0 aromatic carbocycles. The van der Waals surface area contributed by atoms with Gasteiger partial charge in [-0.2, -0.15) is 8.78 Å². The van der Waals surface area contributed by atoms with Crippen molar-refractivity contribution in [1.29, 1.82) is 0 Å². The summed E-state index contributed by atoms with van der Waals surface area (Å²) in [6, 6.07) is -1.61. The van der Waals surface area contributed by atoms with Crippen molar-refractivity contribution in [3.05, 3.63) is 11.9 Å². The Morgan fingerprint density at radius 3 is 2.18 bits per heavy atom. The molecular weight excluding hydrogens is 163 g/mol. The van der Waals surface area contributed by atoms with Crippen LogP contribution in [-0.2, 0) is 4.79 Å². The van der Waals surface area contributed by atoms with Gasteiger partial charge < -0.3 is 10.8 Å². The zero-order chi connectivity index (χ0) is 9.02. The molecule has 0 amide bonds. The van der Waals surface area contributed by atoms with Crippen LogP contribution in [0, 0.1) is 0 Å². The second-order valence-corrected chi connectivity index (χ2v) is 1.81. The highest BCUT2D eigenvalue weighted by atomic mass is 19.3. The Bertz CT molecular complexity index is 188. The van der Waals surface area contributed by atoms with Gasteiger partial charge in [-0.25, -0.2) is 4.39 Å². The summed E-state index contributed by atoms with van der Waals surface area (Å²) in [5, 5.41) is 8.05. The van der Waals surface area contributed by atoms with E-state index in [1.54, 1.807) is 0 Å². The Balaban J connectivity index is 4.06. The van der Waals surface area contributed by atoms with Gasteiger partial charge >= 0.3 is 12.0 Å². The molecule has 0 fully saturated rings. The highest BCUT2D eigenvalue weighted by Gasteiger charge is 2.16. The second kappa shape index (κ2) is 3.97. The van der Waals surface area contributed by atoms with Crippen LogP contribution in [0.3, 0.4) is 0 Å². The number of hydrogen-bond donors (Lipinski definition) is 2. The van der Waals surface area contributed by atoms with E-state index in [1.807, 2.05) is 0 Å². The van der Waals surface area contributed by atoms with Crippen LogP contribution in [0.15, 0.2) is 11.9 Å². The van der Waals surface area contributed by atoms with Crippen LogP contribution in [0.1, 0.15) is 6.42 Å². The fourth-order valence-electron chi connectivity index (χ4n) is 0.358. The van der Waals surface area contributed by atoms with Gasteiger partial charge in [-0.3, -0.25) is 4.79 Å². The van der Waals surface area contributed by atoms with Crippen molar-refractivity contribution in [2.75, 3.05) is 0 Å². The number of aliphatic carboxylic acids is 1. The number of nitrogens with two attached hydrogens (primary N) is 1. The Morgan fingerprint density at radius 1 is 1.45 bits per heavy atom. The van der Waals surface area contributed by atoms with Gasteiger partial charge in [-0.1, -0.05) is 0 Å². The van der Waals surface area contributed by atoms with Crippen LogP contribution in [0.2, 0.25) is 0 Å². The van der Waals surface area contributed by atoms with Gasteiger partial charge in [0.15, 0.2) is 5.83 Å². The number of hydrogen-bond acceptors (Lipinski definition) is 2. The largest absolute Gasteiger partial charge is 0.480 e. The van der Waals surface area contributed by atoms with Gasteiger partial charge in [0.1, 0.15) is 6.04 Å². The highest BCUT2D eigenvalue weighted by Crippen LogP contribution is 2.14. The maximum atomic E-state index is 11.9. The van der Waals surface area contributed by atoms with E-state index in [-0.39, 0.29) is 0 Å². The molecular formula is C5H6F3NO2. The molecule has 0 bridgehead atoms. The van der Waals surface area contributed by atoms with Crippen LogP contribution in [0.25, 0.3) is 0 Å². The molecule has 6 heteroatoms. The summed E-state index contributed by atoms with van der Waals surface area (Å²) < 4.78 is 34.5. The average Bonchev–Trinajstić information content (AvgIpc) is 1.87. The van der Waals surface area contributed by atoms with Gasteiger partial charge in [-0.15, -0.1) is 0 Å². The molecule has 11 heavy (non-hydrogen) atoms. The van der Waals surface area contributed by atoms with E-state index in [0.29, 0.717) is 0 Å². The van der Waals surface area contributed by atoms with Gasteiger partial charge in [0, 0.05) is 6.42 Å². The average molecular weight is 169 g/mol. The molecule has 0 aliphatic carbocycles. The summed E-state index contributed by atoms with van der Waals surface area (Å²) in [4.78, 5) is 9.90. The van der Waals surface area contributed by atoms with Gasteiger partial charge in [0.25, 0.3) is 0 Å². The van der Waals surface area contributed by atoms with Crippen molar-refractivity contribution in [2.45, 2.75) is 12.5 Å². The third kappa shape index (κ3) is 3.61. The third-order valence-electron chi connectivity index (χ3n) is 0.921. The molecule has 0 spiro atoms. The van der Waals surface area contributed by atoms with Crippen molar-refractivity contribution in [3.63, 3.8) is 0 Å². The van der Waals surface area contributed by atoms with E-state index in [1.165, 1.54) is 0 Å². The minimum Gasteiger partial charge on any atom is -0.480 e. The number of carboxylic acids is 1. The van der Waals surface area contributed by atoms with Gasteiger partial charge in [0.2, 0.25) is 0 Å². The maximum Gasteiger partial charge on any atom is 0.320 e. The van der Waals surface area contributed by atoms with Crippen LogP contribution in [0.5, 0.6) is 0 Å². The molecule has 0 radical (unpaired) electrons. The number of carboxylic acid groups (broad SMARTS) is 1. The molecule has 0 aromatic rings. The molecule has 64 valence electrons. The lowest BCUT2D eigenvalue weighted by Gasteiger charge is -2.01. The predicted octanol–water partition coefficient (Wildman–Crippen LogP) is 0.866. The molecule has 3 N–H and O–H groups in total. The number of carbonyl (C=O) groups is 1. The standard InChI is InChI=1S/C5H6F3NO2/c6-2(4(7)8)1-3(9)5(10)11/h3H,1,9H2,(H,10,11)/t3-/m0/s1. The first-order valence-corrected chi connectivity index (χ1v) is 2.63. The summed E-state index contributed by atoms with van der Waals surface area (Å²) in [6.07, 6.45) is -3.50. The summed E-state index contributed by atoms with van der Waals surface area (Å²) >= 11 is 0. The van der Waals surface area contributed by atoms with Crippen LogP contribution >= 0.6 is 0 Å². The second-order valence-electron chi connectivity index (χ2n) is 1.81. The fraction of sp³-hybridized carbons (Fsp3) is 0.400. The van der Waals surface area contributed by atoms with E-state index in [9.17, 15) is 18.0 Å². The molecule has 3 nitrogen and oxygen atoms in total. The lowest BCUT2D eigenvalue weighted by atomic mass is 10.2. The minimum absolute atomic E-state index is 0.975. The van der Waals surface area contributed by atoms with E-state index < -0.39 is 30.3 Å². The predicted molar refractivity (Wildman–Crippen MR) is 30.6 cm³/mol. The number of halogens is 3. The van der Waals surface area contributed by atoms with Crippen LogP contribution in [-0.4, -0.2) is 17.1 Å². The minimum atomic E-state index is -2.53. The Kier molecular flexibility index (Phi) is 3.59. The normalized spacial score (nSPS) is 12.4. The maximum absolute atomic E-state index is 11.9. The molecule has 1 atom stereocenters. The first-order valence-electron chi connectivity index (χ1n) is 2.63. The molecule has 0 rings (SSSR count). The summed E-state index contributed by atoms with van der Waals surface area (Å²) in [7, 11) is 0. The number of rotatable bonds is 3. The van der Waals surface area contributed by atoms with Crippen molar-refractivity contribution in [2.24, 2.45) is 5.73 Å². The molecule has 0 aromatic heterocycles. The van der Waals surface area contributed by atoms with Crippen molar-refractivity contribution >= 4 is 5.97 Å². The summed E-state index contributed by atoms with van der Waals surface area (Å²) in [5.74, 6) is -3.29. The molecule has 0 unspecified atom stereocenters. The smallest absolute Gasteiger partial charge is 0.320 e. The molecule has 0 saturated heterocycles. The first-order chi connectivity index (χ1) is 4.95. The Hall–Kier alpha value is -1.04. The monoisotopic (exact) mass is 169 g/mol. The first kappa shape index (κ1) is 9.96. The summed E-state index contributed by atoms with van der Waals surface area (Å²) in [6.45, 7) is 0. The quantitative estimate of drug-likeness (QED) is 0.658. The lowest BCUT2D eigenvalue weighted by Crippen LogP contribution is -2.30. The fourth-order valence-corrected chi connectivity index (χ4v) is 0.358. The molecule has 0 aliphatic rings. The Morgan fingerprint density at radius 2 is 1.91 bits per heavy atom. The highest BCUT2D eigenvalue weighted by molar-refractivity contribution is 5.73. The van der Waals surface area contributed by atoms with Gasteiger partial charge in [-0.05, 0) is 0 Å². The van der Waals surface area contributed by atoms with Crippen molar-refractivity contribution in [3.8, 4) is 0 Å². The summed E-state index contributed by atoms with van der Waals surface area (Å²) in [5.41, 5.74) is 4.75. The lowest BCUT2D eigenvalue weighted by molar-refractivity contribution is -0.138. The van der Waals surface area contributed by atoms with Crippen LogP contribution in [0.4, 0.5) is 13.2 Å². The zero-order valence-electron chi connectivity index (χ0n) is 5.35. The molecule has 0 aliphatic heterocycles. The zero-order valence-corrected chi connectivity index (χ0v) is 5.35. The molecule has 0 saturated carbocycles. The van der Waals surface area contributed by atoms with Gasteiger partial charge in [0.05, 0.1) is 0 Å². The van der Waals surface area contributed by atoms with E-state index in [0.717, 1.165) is 0 Å². The Labute approximate surface area is 60.3 Å². The SMILES string of the molecule is N[C@@H](CC(F)=C(F)F)C(=O)O.